The molecule has 0 saturated heterocycles. The van der Waals surface area contributed by atoms with E-state index >= 15 is 0 Å². The molecule has 0 amide bonds. The first-order chi connectivity index (χ1) is 10.7. The Labute approximate surface area is 125 Å². The minimum absolute atomic E-state index is 0.0534. The number of carboxylic acids is 1. The van der Waals surface area contributed by atoms with Gasteiger partial charge in [0.25, 0.3) is 0 Å². The largest absolute Gasteiger partial charge is 0.497 e. The van der Waals surface area contributed by atoms with Crippen molar-refractivity contribution in [2.24, 2.45) is 0 Å². The average molecular weight is 299 g/mol. The Bertz CT molecular complexity index is 829. The van der Waals surface area contributed by atoms with Crippen molar-refractivity contribution in [3.05, 3.63) is 54.0 Å². The van der Waals surface area contributed by atoms with Crippen molar-refractivity contribution < 1.29 is 19.4 Å². The molecule has 1 N–H and O–H groups in total. The number of aromatic nitrogens is 3. The lowest BCUT2D eigenvalue weighted by Crippen LogP contribution is -2.06. The van der Waals surface area contributed by atoms with Crippen LogP contribution in [-0.4, -0.2) is 32.8 Å². The molecule has 2 heterocycles. The topological polar surface area (TPSA) is 86.0 Å². The van der Waals surface area contributed by atoms with Crippen LogP contribution in [-0.2, 0) is 6.61 Å². The van der Waals surface area contributed by atoms with Crippen LogP contribution < -0.4 is 9.47 Å². The molecule has 2 aromatic heterocycles. The first-order valence-corrected chi connectivity index (χ1v) is 6.52. The van der Waals surface area contributed by atoms with Crippen LogP contribution in [0.4, 0.5) is 0 Å². The molecule has 0 saturated carbocycles. The van der Waals surface area contributed by atoms with Crippen LogP contribution in [0.25, 0.3) is 5.65 Å². The average Bonchev–Trinajstić information content (AvgIpc) is 2.95. The van der Waals surface area contributed by atoms with Crippen molar-refractivity contribution in [2.45, 2.75) is 6.61 Å². The number of benzene rings is 1. The van der Waals surface area contributed by atoms with Gasteiger partial charge in [0.15, 0.2) is 17.2 Å². The maximum Gasteiger partial charge on any atom is 0.354 e. The maximum atomic E-state index is 11.1. The van der Waals surface area contributed by atoms with E-state index in [0.29, 0.717) is 23.0 Å². The van der Waals surface area contributed by atoms with Crippen molar-refractivity contribution in [3.8, 4) is 11.5 Å². The van der Waals surface area contributed by atoms with Gasteiger partial charge in [-0.25, -0.2) is 14.3 Å². The van der Waals surface area contributed by atoms with E-state index in [4.69, 9.17) is 14.6 Å². The molecule has 0 aliphatic heterocycles. The predicted molar refractivity (Wildman–Crippen MR) is 77.3 cm³/mol. The first-order valence-electron chi connectivity index (χ1n) is 6.52. The summed E-state index contributed by atoms with van der Waals surface area (Å²) in [5.41, 5.74) is 0.516. The van der Waals surface area contributed by atoms with Crippen molar-refractivity contribution in [1.82, 2.24) is 14.6 Å². The highest BCUT2D eigenvalue weighted by atomic mass is 16.5. The minimum atomic E-state index is -1.06. The van der Waals surface area contributed by atoms with E-state index in [9.17, 15) is 4.79 Å². The van der Waals surface area contributed by atoms with Gasteiger partial charge >= 0.3 is 5.97 Å². The van der Waals surface area contributed by atoms with Crippen molar-refractivity contribution in [3.63, 3.8) is 0 Å². The van der Waals surface area contributed by atoms with Gasteiger partial charge < -0.3 is 14.6 Å². The fourth-order valence-corrected chi connectivity index (χ4v) is 2.01. The van der Waals surface area contributed by atoms with Gasteiger partial charge in [0.2, 0.25) is 0 Å². The number of rotatable bonds is 5. The molecule has 0 spiro atoms. The lowest BCUT2D eigenvalue weighted by Gasteiger charge is -2.05. The number of aromatic carboxylic acids is 1. The molecule has 0 atom stereocenters. The smallest absolute Gasteiger partial charge is 0.354 e. The van der Waals surface area contributed by atoms with Crippen LogP contribution in [0, 0.1) is 0 Å². The van der Waals surface area contributed by atoms with E-state index in [2.05, 4.69) is 10.1 Å². The summed E-state index contributed by atoms with van der Waals surface area (Å²) in [7, 11) is 1.58. The Kier molecular flexibility index (Phi) is 3.61. The number of ether oxygens (including phenoxy) is 2. The van der Waals surface area contributed by atoms with E-state index in [-0.39, 0.29) is 12.3 Å². The molecule has 0 radical (unpaired) electrons. The van der Waals surface area contributed by atoms with Gasteiger partial charge in [-0.15, -0.1) is 5.10 Å². The van der Waals surface area contributed by atoms with Gasteiger partial charge in [-0.05, 0) is 24.3 Å². The third-order valence-corrected chi connectivity index (χ3v) is 3.03. The van der Waals surface area contributed by atoms with Crippen molar-refractivity contribution >= 4 is 11.6 Å². The van der Waals surface area contributed by atoms with E-state index in [1.54, 1.807) is 31.4 Å². The molecule has 1 aromatic carbocycles. The number of nitrogens with zero attached hydrogens (tertiary/aromatic N) is 3. The van der Waals surface area contributed by atoms with Gasteiger partial charge in [0, 0.05) is 6.07 Å². The van der Waals surface area contributed by atoms with Crippen molar-refractivity contribution in [1.29, 1.82) is 0 Å². The van der Waals surface area contributed by atoms with Gasteiger partial charge in [-0.1, -0.05) is 12.1 Å². The molecule has 7 heteroatoms. The highest BCUT2D eigenvalue weighted by molar-refractivity contribution is 5.86. The maximum absolute atomic E-state index is 11.1. The number of carboxylic acid groups (broad SMARTS) is 1. The summed E-state index contributed by atoms with van der Waals surface area (Å²) in [6.45, 7) is 0.133. The van der Waals surface area contributed by atoms with Crippen LogP contribution in [0.5, 0.6) is 11.5 Å². The monoisotopic (exact) mass is 299 g/mol. The number of methoxy groups -OCH3 is 1. The summed E-state index contributed by atoms with van der Waals surface area (Å²) in [6.07, 6.45) is 0. The molecular weight excluding hydrogens is 286 g/mol. The Morgan fingerprint density at radius 3 is 2.77 bits per heavy atom. The molecule has 7 nitrogen and oxygen atoms in total. The highest BCUT2D eigenvalue weighted by Crippen LogP contribution is 2.19. The van der Waals surface area contributed by atoms with E-state index < -0.39 is 5.97 Å². The molecular formula is C15H13N3O4. The molecule has 0 unspecified atom stereocenters. The van der Waals surface area contributed by atoms with E-state index in [1.165, 1.54) is 10.6 Å². The summed E-state index contributed by atoms with van der Waals surface area (Å²) < 4.78 is 12.0. The lowest BCUT2D eigenvalue weighted by atomic mass is 10.3. The van der Waals surface area contributed by atoms with Crippen LogP contribution in [0.15, 0.2) is 42.5 Å². The summed E-state index contributed by atoms with van der Waals surface area (Å²) in [5.74, 6) is 0.651. The van der Waals surface area contributed by atoms with Crippen molar-refractivity contribution in [2.75, 3.05) is 7.11 Å². The van der Waals surface area contributed by atoms with Crippen LogP contribution >= 0.6 is 0 Å². The van der Waals surface area contributed by atoms with Gasteiger partial charge in [-0.3, -0.25) is 0 Å². The SMILES string of the molecule is COc1cccc(OCc2nc3cccc(C(=O)O)n3n2)c1. The zero-order chi connectivity index (χ0) is 15.5. The number of hydrogen-bond donors (Lipinski definition) is 1. The zero-order valence-corrected chi connectivity index (χ0v) is 11.8. The van der Waals surface area contributed by atoms with E-state index in [1.807, 2.05) is 12.1 Å². The number of fused-ring (bicyclic) bond motifs is 1. The quantitative estimate of drug-likeness (QED) is 0.775. The fourth-order valence-electron chi connectivity index (χ4n) is 2.01. The van der Waals surface area contributed by atoms with Crippen LogP contribution in [0.2, 0.25) is 0 Å². The Balaban J connectivity index is 1.82. The zero-order valence-electron chi connectivity index (χ0n) is 11.8. The molecule has 0 aliphatic carbocycles. The molecule has 3 aromatic rings. The van der Waals surface area contributed by atoms with Crippen LogP contribution in [0.3, 0.4) is 0 Å². The van der Waals surface area contributed by atoms with Gasteiger partial charge in [-0.2, -0.15) is 0 Å². The second-order valence-corrected chi connectivity index (χ2v) is 4.48. The van der Waals surface area contributed by atoms with Crippen LogP contribution in [0.1, 0.15) is 16.3 Å². The normalized spacial score (nSPS) is 10.6. The third-order valence-electron chi connectivity index (χ3n) is 3.03. The molecule has 3 rings (SSSR count). The molecule has 112 valence electrons. The molecule has 22 heavy (non-hydrogen) atoms. The number of pyridine rings is 1. The fraction of sp³-hybridized carbons (Fsp3) is 0.133. The Morgan fingerprint density at radius 2 is 2.00 bits per heavy atom. The summed E-state index contributed by atoms with van der Waals surface area (Å²) >= 11 is 0. The van der Waals surface area contributed by atoms with Gasteiger partial charge in [0.1, 0.15) is 18.1 Å². The highest BCUT2D eigenvalue weighted by Gasteiger charge is 2.12. The summed E-state index contributed by atoms with van der Waals surface area (Å²) in [4.78, 5) is 15.4. The lowest BCUT2D eigenvalue weighted by molar-refractivity contribution is 0.0687. The molecule has 0 aliphatic rings. The molecule has 0 bridgehead atoms. The van der Waals surface area contributed by atoms with E-state index in [0.717, 1.165) is 0 Å². The molecule has 0 fully saturated rings. The Hall–Kier alpha value is -3.09. The predicted octanol–water partition coefficient (Wildman–Crippen LogP) is 2.02. The van der Waals surface area contributed by atoms with Gasteiger partial charge in [0.05, 0.1) is 7.11 Å². The number of carbonyl (C=O) groups is 1. The Morgan fingerprint density at radius 1 is 1.23 bits per heavy atom. The minimum Gasteiger partial charge on any atom is -0.497 e. The third kappa shape index (κ3) is 2.69. The first kappa shape index (κ1) is 13.9. The summed E-state index contributed by atoms with van der Waals surface area (Å²) in [5, 5.41) is 13.3. The number of hydrogen-bond acceptors (Lipinski definition) is 5. The summed E-state index contributed by atoms with van der Waals surface area (Å²) in [6, 6.07) is 12.0. The second-order valence-electron chi connectivity index (χ2n) is 4.48. The standard InChI is InChI=1S/C15H13N3O4/c1-21-10-4-2-5-11(8-10)22-9-13-16-14-7-3-6-12(15(19)20)18(14)17-13/h2-8H,9H2,1H3,(H,19,20). The second kappa shape index (κ2) is 5.72.